The molecule has 0 radical (unpaired) electrons. The van der Waals surface area contributed by atoms with Gasteiger partial charge in [0.25, 0.3) is 0 Å². The summed E-state index contributed by atoms with van der Waals surface area (Å²) in [6.45, 7) is 3.29. The molecule has 0 aromatic rings. The monoisotopic (exact) mass is 138 g/mol. The van der Waals surface area contributed by atoms with Crippen LogP contribution in [-0.2, 0) is 15.5 Å². The summed E-state index contributed by atoms with van der Waals surface area (Å²) in [7, 11) is 0. The van der Waals surface area contributed by atoms with Gasteiger partial charge in [0.1, 0.15) is 0 Å². The highest BCUT2D eigenvalue weighted by molar-refractivity contribution is 7.74. The lowest BCUT2D eigenvalue weighted by atomic mass is 10.7. The largest absolute Gasteiger partial charge is 0.750 e. The molecule has 5 heteroatoms. The molecule has 1 atom stereocenters. The molecular formula is C3H8NO3S-. The van der Waals surface area contributed by atoms with Gasteiger partial charge < -0.3 is 10.7 Å². The molecule has 3 N–H and O–H groups in total. The molecule has 0 spiro atoms. The molecule has 0 aliphatic carbocycles. The first-order valence-electron chi connectivity index (χ1n) is 1.61. The Bertz CT molecular complexity index is 84.6. The SMILES string of the molecule is C=CCOS(=O)[O-].N. The van der Waals surface area contributed by atoms with Crippen LogP contribution in [0.5, 0.6) is 0 Å². The summed E-state index contributed by atoms with van der Waals surface area (Å²) in [5.74, 6) is 0. The summed E-state index contributed by atoms with van der Waals surface area (Å²) < 4.78 is 23.0. The van der Waals surface area contributed by atoms with Crippen molar-refractivity contribution in [2.45, 2.75) is 0 Å². The van der Waals surface area contributed by atoms with Crippen LogP contribution >= 0.6 is 0 Å². The Morgan fingerprint density at radius 1 is 1.88 bits per heavy atom. The van der Waals surface area contributed by atoms with Crippen molar-refractivity contribution in [3.63, 3.8) is 0 Å². The lowest BCUT2D eigenvalue weighted by Gasteiger charge is -1.99. The first-order chi connectivity index (χ1) is 3.27. The van der Waals surface area contributed by atoms with E-state index in [0.29, 0.717) is 0 Å². The Labute approximate surface area is 50.6 Å². The summed E-state index contributed by atoms with van der Waals surface area (Å²) in [5, 5.41) is 0. The lowest BCUT2D eigenvalue weighted by Crippen LogP contribution is -1.93. The van der Waals surface area contributed by atoms with Crippen LogP contribution in [0.2, 0.25) is 0 Å². The fourth-order valence-electron chi connectivity index (χ4n) is 0.104. The molecule has 4 nitrogen and oxygen atoms in total. The average Bonchev–Trinajstić information content (AvgIpc) is 1.61. The first kappa shape index (κ1) is 10.7. The van der Waals surface area contributed by atoms with Crippen LogP contribution in [0.3, 0.4) is 0 Å². The summed E-state index contributed by atoms with van der Waals surface area (Å²) in [6.07, 6.45) is 1.36. The molecule has 8 heavy (non-hydrogen) atoms. The first-order valence-corrected chi connectivity index (χ1v) is 2.61. The van der Waals surface area contributed by atoms with Crippen LogP contribution in [0.1, 0.15) is 0 Å². The molecular weight excluding hydrogens is 130 g/mol. The van der Waals surface area contributed by atoms with Gasteiger partial charge >= 0.3 is 0 Å². The van der Waals surface area contributed by atoms with E-state index in [2.05, 4.69) is 10.8 Å². The highest BCUT2D eigenvalue weighted by Crippen LogP contribution is 1.75. The van der Waals surface area contributed by atoms with Crippen molar-refractivity contribution in [1.29, 1.82) is 0 Å². The fourth-order valence-corrected chi connectivity index (χ4v) is 0.311. The Kier molecular flexibility index (Phi) is 9.05. The van der Waals surface area contributed by atoms with Crippen molar-refractivity contribution in [1.82, 2.24) is 6.15 Å². The van der Waals surface area contributed by atoms with Crippen molar-refractivity contribution >= 4 is 11.4 Å². The summed E-state index contributed by atoms with van der Waals surface area (Å²) in [6, 6.07) is 0. The lowest BCUT2D eigenvalue weighted by molar-refractivity contribution is 0.334. The molecule has 0 rings (SSSR count). The molecule has 0 fully saturated rings. The molecule has 0 amide bonds. The predicted octanol–water partition coefficient (Wildman–Crippen LogP) is 0.145. The van der Waals surface area contributed by atoms with E-state index in [4.69, 9.17) is 0 Å². The Morgan fingerprint density at radius 2 is 2.38 bits per heavy atom. The van der Waals surface area contributed by atoms with Gasteiger partial charge in [0.05, 0.1) is 18.0 Å². The average molecular weight is 138 g/mol. The third-order valence-electron chi connectivity index (χ3n) is 0.282. The third-order valence-corrected chi connectivity index (χ3v) is 0.611. The molecule has 0 saturated heterocycles. The van der Waals surface area contributed by atoms with Crippen LogP contribution in [0.25, 0.3) is 0 Å². The van der Waals surface area contributed by atoms with E-state index in [1.165, 1.54) is 6.08 Å². The van der Waals surface area contributed by atoms with Gasteiger partial charge in [-0.2, -0.15) is 0 Å². The molecule has 0 aliphatic rings. The molecule has 0 aromatic carbocycles. The Hall–Kier alpha value is -0.230. The Balaban J connectivity index is 0. The van der Waals surface area contributed by atoms with Crippen LogP contribution in [0, 0.1) is 0 Å². The second-order valence-corrected chi connectivity index (χ2v) is 1.42. The van der Waals surface area contributed by atoms with Crippen molar-refractivity contribution in [2.24, 2.45) is 0 Å². The third kappa shape index (κ3) is 9.24. The van der Waals surface area contributed by atoms with E-state index in [9.17, 15) is 8.76 Å². The van der Waals surface area contributed by atoms with Gasteiger partial charge in [-0.05, 0) is 0 Å². The zero-order chi connectivity index (χ0) is 5.70. The summed E-state index contributed by atoms with van der Waals surface area (Å²) in [4.78, 5) is 0. The molecule has 0 bridgehead atoms. The van der Waals surface area contributed by atoms with Crippen LogP contribution in [-0.4, -0.2) is 15.4 Å². The number of hydrogen-bond acceptors (Lipinski definition) is 4. The van der Waals surface area contributed by atoms with Crippen molar-refractivity contribution in [3.8, 4) is 0 Å². The van der Waals surface area contributed by atoms with Crippen LogP contribution < -0.4 is 6.15 Å². The standard InChI is InChI=1S/C3H6O3S.H3N/c1-2-3-6-7(4)5;/h2H,1,3H2,(H,4,5);1H3/p-1. The summed E-state index contributed by atoms with van der Waals surface area (Å²) in [5.41, 5.74) is 0. The Morgan fingerprint density at radius 3 is 2.50 bits per heavy atom. The smallest absolute Gasteiger partial charge is 0.0845 e. The number of rotatable bonds is 3. The van der Waals surface area contributed by atoms with Crippen LogP contribution in [0.4, 0.5) is 0 Å². The molecule has 1 unspecified atom stereocenters. The van der Waals surface area contributed by atoms with Gasteiger partial charge in [-0.1, -0.05) is 6.08 Å². The maximum Gasteiger partial charge on any atom is 0.0845 e. The minimum absolute atomic E-state index is 0. The van der Waals surface area contributed by atoms with Gasteiger partial charge in [0.15, 0.2) is 0 Å². The van der Waals surface area contributed by atoms with E-state index in [1.807, 2.05) is 0 Å². The van der Waals surface area contributed by atoms with Gasteiger partial charge in [0, 0.05) is 0 Å². The molecule has 50 valence electrons. The van der Waals surface area contributed by atoms with E-state index >= 15 is 0 Å². The minimum Gasteiger partial charge on any atom is -0.750 e. The van der Waals surface area contributed by atoms with Gasteiger partial charge in [0.2, 0.25) is 0 Å². The molecule has 0 saturated carbocycles. The topological polar surface area (TPSA) is 84.4 Å². The maximum absolute atomic E-state index is 9.49. The van der Waals surface area contributed by atoms with E-state index < -0.39 is 11.4 Å². The molecule has 0 aromatic heterocycles. The van der Waals surface area contributed by atoms with E-state index in [1.54, 1.807) is 0 Å². The second-order valence-electron chi connectivity index (χ2n) is 0.777. The van der Waals surface area contributed by atoms with Gasteiger partial charge in [-0.15, -0.1) is 6.58 Å². The van der Waals surface area contributed by atoms with Crippen molar-refractivity contribution in [3.05, 3.63) is 12.7 Å². The molecule has 0 aliphatic heterocycles. The van der Waals surface area contributed by atoms with Crippen molar-refractivity contribution < 1.29 is 12.9 Å². The highest BCUT2D eigenvalue weighted by atomic mass is 32.2. The predicted molar refractivity (Wildman–Crippen MR) is 30.1 cm³/mol. The number of hydrogen-bond donors (Lipinski definition) is 1. The van der Waals surface area contributed by atoms with E-state index in [0.717, 1.165) is 0 Å². The second kappa shape index (κ2) is 6.77. The van der Waals surface area contributed by atoms with Gasteiger partial charge in [-0.3, -0.25) is 4.18 Å². The van der Waals surface area contributed by atoms with Crippen LogP contribution in [0.15, 0.2) is 12.7 Å². The maximum atomic E-state index is 9.49. The quantitative estimate of drug-likeness (QED) is 0.444. The minimum atomic E-state index is -2.39. The molecule has 0 heterocycles. The zero-order valence-electron chi connectivity index (χ0n) is 4.33. The van der Waals surface area contributed by atoms with E-state index in [-0.39, 0.29) is 12.8 Å². The highest BCUT2D eigenvalue weighted by Gasteiger charge is 1.73. The normalized spacial score (nSPS) is 11.6. The summed E-state index contributed by atoms with van der Waals surface area (Å²) >= 11 is -2.39. The fraction of sp³-hybridized carbons (Fsp3) is 0.333. The van der Waals surface area contributed by atoms with Crippen molar-refractivity contribution in [2.75, 3.05) is 6.61 Å². The van der Waals surface area contributed by atoms with Gasteiger partial charge in [-0.25, -0.2) is 4.21 Å². The zero-order valence-corrected chi connectivity index (χ0v) is 5.15.